The van der Waals surface area contributed by atoms with Crippen molar-refractivity contribution in [2.45, 2.75) is 46.5 Å². The summed E-state index contributed by atoms with van der Waals surface area (Å²) < 4.78 is 0. The highest BCUT2D eigenvalue weighted by Crippen LogP contribution is 2.64. The summed E-state index contributed by atoms with van der Waals surface area (Å²) in [6, 6.07) is 0. The molecule has 0 aromatic carbocycles. The van der Waals surface area contributed by atoms with E-state index in [2.05, 4.69) is 39.0 Å². The third-order valence-corrected chi connectivity index (χ3v) is 7.45. The molecule has 2 heteroatoms. The van der Waals surface area contributed by atoms with Gasteiger partial charge in [0.25, 0.3) is 0 Å². The van der Waals surface area contributed by atoms with E-state index in [0.717, 1.165) is 19.3 Å². The van der Waals surface area contributed by atoms with Crippen molar-refractivity contribution in [1.29, 1.82) is 0 Å². The summed E-state index contributed by atoms with van der Waals surface area (Å²) >= 11 is 0. The minimum absolute atomic E-state index is 0.0508. The highest BCUT2D eigenvalue weighted by atomic mass is 16.2. The topological polar surface area (TPSA) is 37.3 Å². The first-order valence-electron chi connectivity index (χ1n) is 9.36. The van der Waals surface area contributed by atoms with E-state index >= 15 is 0 Å². The van der Waals surface area contributed by atoms with Gasteiger partial charge in [-0.15, -0.1) is 0 Å². The average molecular weight is 324 g/mol. The number of aliphatic hydroxyl groups is 1. The van der Waals surface area contributed by atoms with Crippen LogP contribution in [0, 0.1) is 28.6 Å². The largest absolute Gasteiger partial charge is 0.392 e. The monoisotopic (exact) mass is 324 g/mol. The molecule has 4 aliphatic rings. The molecular weight excluding hydrogens is 296 g/mol. The lowest BCUT2D eigenvalue weighted by Gasteiger charge is -2.51. The molecule has 2 nitrogen and oxygen atoms in total. The minimum atomic E-state index is -0.0508. The van der Waals surface area contributed by atoms with Gasteiger partial charge in [0.1, 0.15) is 0 Å². The zero-order chi connectivity index (χ0) is 17.1. The Morgan fingerprint density at radius 2 is 2.17 bits per heavy atom. The van der Waals surface area contributed by atoms with Crippen LogP contribution in [0.5, 0.6) is 0 Å². The molecule has 2 fully saturated rings. The zero-order valence-corrected chi connectivity index (χ0v) is 15.0. The summed E-state index contributed by atoms with van der Waals surface area (Å²) in [5.41, 5.74) is 4.46. The molecule has 4 aliphatic carbocycles. The average Bonchev–Trinajstić information content (AvgIpc) is 2.80. The van der Waals surface area contributed by atoms with Crippen molar-refractivity contribution in [3.05, 3.63) is 47.1 Å². The second-order valence-electron chi connectivity index (χ2n) is 8.62. The Morgan fingerprint density at radius 1 is 1.38 bits per heavy atom. The van der Waals surface area contributed by atoms with Gasteiger partial charge in [-0.1, -0.05) is 48.8 Å². The molecule has 4 rings (SSSR count). The summed E-state index contributed by atoms with van der Waals surface area (Å²) in [5.74, 6) is 1.98. The summed E-state index contributed by atoms with van der Waals surface area (Å²) in [4.78, 5) is 11.8. The number of carbonyl (C=O) groups excluding carboxylic acids is 1. The molecule has 0 aliphatic heterocycles. The van der Waals surface area contributed by atoms with Crippen LogP contribution in [0.1, 0.15) is 46.5 Å². The van der Waals surface area contributed by atoms with Gasteiger partial charge in [0.05, 0.1) is 6.61 Å². The number of allylic oxidation sites excluding steroid dienone is 7. The molecule has 0 spiro atoms. The van der Waals surface area contributed by atoms with E-state index < -0.39 is 0 Å². The van der Waals surface area contributed by atoms with E-state index in [-0.39, 0.29) is 23.2 Å². The van der Waals surface area contributed by atoms with Crippen molar-refractivity contribution >= 4 is 5.78 Å². The van der Waals surface area contributed by atoms with Crippen LogP contribution in [-0.4, -0.2) is 17.5 Å². The van der Waals surface area contributed by atoms with E-state index in [0.29, 0.717) is 17.8 Å². The van der Waals surface area contributed by atoms with E-state index in [1.54, 1.807) is 11.6 Å². The molecule has 1 N–H and O–H groups in total. The van der Waals surface area contributed by atoms with Gasteiger partial charge in [-0.3, -0.25) is 4.79 Å². The smallest absolute Gasteiger partial charge is 0.178 e. The lowest BCUT2D eigenvalue weighted by molar-refractivity contribution is -0.110. The number of hydrogen-bond donors (Lipinski definition) is 1. The van der Waals surface area contributed by atoms with E-state index in [1.165, 1.54) is 17.6 Å². The van der Waals surface area contributed by atoms with Crippen LogP contribution in [0.4, 0.5) is 0 Å². The van der Waals surface area contributed by atoms with Gasteiger partial charge in [0.15, 0.2) is 5.78 Å². The molecule has 0 radical (unpaired) electrons. The molecule has 0 aromatic rings. The fourth-order valence-corrected chi connectivity index (χ4v) is 6.25. The highest BCUT2D eigenvalue weighted by molar-refractivity contribution is 6.01. The van der Waals surface area contributed by atoms with Crippen molar-refractivity contribution < 1.29 is 9.90 Å². The fourth-order valence-electron chi connectivity index (χ4n) is 6.25. The predicted molar refractivity (Wildman–Crippen MR) is 96.3 cm³/mol. The summed E-state index contributed by atoms with van der Waals surface area (Å²) in [5, 5.41) is 9.46. The molecule has 0 saturated heterocycles. The van der Waals surface area contributed by atoms with Gasteiger partial charge < -0.3 is 5.11 Å². The van der Waals surface area contributed by atoms with Crippen LogP contribution in [0.2, 0.25) is 0 Å². The summed E-state index contributed by atoms with van der Waals surface area (Å²) in [6.45, 7) is 7.17. The summed E-state index contributed by atoms with van der Waals surface area (Å²) in [7, 11) is 0. The number of carbonyl (C=O) groups is 1. The number of rotatable bonds is 1. The Hall–Kier alpha value is -1.41. The molecule has 24 heavy (non-hydrogen) atoms. The standard InChI is InChI=1S/C22H28O2/c1-14-12-20-17-5-4-15-13-16(24)6-9-21(15,2)19(17)7-10-22(20,3)18(14)8-11-23/h6-9,13-14,17,20,23H,4-5,10-12H2,1-3H3/t14-,17+,20-,21-,22+/m0/s1. The van der Waals surface area contributed by atoms with Crippen LogP contribution in [0.3, 0.4) is 0 Å². The maximum absolute atomic E-state index is 11.8. The van der Waals surface area contributed by atoms with Crippen LogP contribution in [0.15, 0.2) is 47.1 Å². The van der Waals surface area contributed by atoms with Crippen molar-refractivity contribution in [3.8, 4) is 0 Å². The van der Waals surface area contributed by atoms with Gasteiger partial charge in [0, 0.05) is 5.41 Å². The minimum Gasteiger partial charge on any atom is -0.392 e. The molecule has 0 unspecified atom stereocenters. The molecule has 0 heterocycles. The quantitative estimate of drug-likeness (QED) is 0.727. The molecule has 0 aromatic heterocycles. The number of aliphatic hydroxyl groups excluding tert-OH is 1. The zero-order valence-electron chi connectivity index (χ0n) is 15.0. The first-order valence-corrected chi connectivity index (χ1v) is 9.36. The van der Waals surface area contributed by atoms with Crippen LogP contribution in [0.25, 0.3) is 0 Å². The van der Waals surface area contributed by atoms with Crippen LogP contribution in [-0.2, 0) is 4.79 Å². The second kappa shape index (κ2) is 5.29. The van der Waals surface area contributed by atoms with Gasteiger partial charge >= 0.3 is 0 Å². The lowest BCUT2D eigenvalue weighted by atomic mass is 9.53. The van der Waals surface area contributed by atoms with Gasteiger partial charge in [-0.25, -0.2) is 0 Å². The Kier molecular flexibility index (Phi) is 3.55. The molecular formula is C22H28O2. The van der Waals surface area contributed by atoms with E-state index in [4.69, 9.17) is 0 Å². The fraction of sp³-hybridized carbons (Fsp3) is 0.591. The normalized spacial score (nSPS) is 45.4. The van der Waals surface area contributed by atoms with Crippen LogP contribution < -0.4 is 0 Å². The van der Waals surface area contributed by atoms with E-state index in [9.17, 15) is 9.90 Å². The Balaban J connectivity index is 1.77. The predicted octanol–water partition coefficient (Wildman–Crippen LogP) is 4.38. The first-order chi connectivity index (χ1) is 11.4. The van der Waals surface area contributed by atoms with Crippen molar-refractivity contribution in [2.24, 2.45) is 28.6 Å². The highest BCUT2D eigenvalue weighted by Gasteiger charge is 2.55. The van der Waals surface area contributed by atoms with Gasteiger partial charge in [0.2, 0.25) is 0 Å². The SMILES string of the molecule is C[C@H]1C[C@H]2[C@@H]3CCC4=CC(=O)C=C[C@]4(C)C3=CC[C@]2(C)C1=CCO. The molecule has 0 bridgehead atoms. The Bertz CT molecular complexity index is 707. The first kappa shape index (κ1) is 16.1. The maximum atomic E-state index is 11.8. The van der Waals surface area contributed by atoms with Crippen molar-refractivity contribution in [1.82, 2.24) is 0 Å². The van der Waals surface area contributed by atoms with Crippen molar-refractivity contribution in [3.63, 3.8) is 0 Å². The Labute approximate surface area is 145 Å². The molecule has 0 amide bonds. The molecule has 2 saturated carbocycles. The third-order valence-electron chi connectivity index (χ3n) is 7.45. The number of hydrogen-bond acceptors (Lipinski definition) is 2. The van der Waals surface area contributed by atoms with Gasteiger partial charge in [-0.05, 0) is 67.9 Å². The second-order valence-corrected chi connectivity index (χ2v) is 8.62. The van der Waals surface area contributed by atoms with Crippen LogP contribution >= 0.6 is 0 Å². The Morgan fingerprint density at radius 3 is 2.92 bits per heavy atom. The number of ketones is 1. The summed E-state index contributed by atoms with van der Waals surface area (Å²) in [6.07, 6.45) is 14.8. The number of fused-ring (bicyclic) bond motifs is 5. The molecule has 128 valence electrons. The molecule has 5 atom stereocenters. The van der Waals surface area contributed by atoms with Crippen molar-refractivity contribution in [2.75, 3.05) is 6.61 Å². The maximum Gasteiger partial charge on any atom is 0.178 e. The van der Waals surface area contributed by atoms with Gasteiger partial charge in [-0.2, -0.15) is 0 Å². The lowest BCUT2D eigenvalue weighted by Crippen LogP contribution is -2.42. The van der Waals surface area contributed by atoms with E-state index in [1.807, 2.05) is 6.08 Å². The third kappa shape index (κ3) is 2.02.